The lowest BCUT2D eigenvalue weighted by Gasteiger charge is -2.10. The van der Waals surface area contributed by atoms with Crippen molar-refractivity contribution < 1.29 is 4.79 Å². The van der Waals surface area contributed by atoms with Crippen LogP contribution in [0.3, 0.4) is 0 Å². The number of aryl methyl sites for hydroxylation is 4. The average Bonchev–Trinajstić information content (AvgIpc) is 3.06. The molecule has 0 fully saturated rings. The summed E-state index contributed by atoms with van der Waals surface area (Å²) in [4.78, 5) is 25.6. The number of anilines is 1. The maximum atomic E-state index is 12.4. The van der Waals surface area contributed by atoms with Gasteiger partial charge in [-0.05, 0) is 34.0 Å². The van der Waals surface area contributed by atoms with Gasteiger partial charge in [-0.3, -0.25) is 4.79 Å². The molecule has 0 saturated carbocycles. The first-order chi connectivity index (χ1) is 11.4. The fraction of sp³-hybridized carbons (Fsp3) is 0.400. The molecule has 0 unspecified atom stereocenters. The number of nitrogens with one attached hydrogen (secondary N) is 1. The Balaban J connectivity index is 1.88. The molecule has 1 N–H and O–H groups in total. The second-order valence-corrected chi connectivity index (χ2v) is 7.42. The number of amides is 1. The summed E-state index contributed by atoms with van der Waals surface area (Å²) in [5, 5.41) is 9.75. The number of thioether (sulfide) groups is 1. The van der Waals surface area contributed by atoms with Crippen LogP contribution in [0, 0.1) is 27.7 Å². The van der Waals surface area contributed by atoms with Gasteiger partial charge in [-0.1, -0.05) is 11.8 Å². The lowest BCUT2D eigenvalue weighted by atomic mass is 10.1. The molecule has 0 radical (unpaired) electrons. The quantitative estimate of drug-likeness (QED) is 0.718. The molecule has 0 aliphatic carbocycles. The molecule has 3 aromatic rings. The summed E-state index contributed by atoms with van der Waals surface area (Å²) in [6.07, 6.45) is 2.16. The van der Waals surface area contributed by atoms with Crippen molar-refractivity contribution in [3.63, 3.8) is 0 Å². The maximum Gasteiger partial charge on any atom is 0.253 e. The van der Waals surface area contributed by atoms with E-state index in [4.69, 9.17) is 0 Å². The van der Waals surface area contributed by atoms with Gasteiger partial charge in [0.25, 0.3) is 5.78 Å². The Morgan fingerprint density at radius 2 is 1.92 bits per heavy atom. The summed E-state index contributed by atoms with van der Waals surface area (Å²) < 4.78 is 1.70. The lowest BCUT2D eigenvalue weighted by molar-refractivity contribution is -0.115. The molecule has 0 saturated heterocycles. The summed E-state index contributed by atoms with van der Waals surface area (Å²) in [5.41, 5.74) is 3.40. The third kappa shape index (κ3) is 3.13. The van der Waals surface area contributed by atoms with Crippen LogP contribution in [0.4, 0.5) is 5.00 Å². The van der Waals surface area contributed by atoms with Gasteiger partial charge in [-0.2, -0.15) is 4.98 Å². The third-order valence-corrected chi connectivity index (χ3v) is 5.23. The zero-order valence-corrected chi connectivity index (χ0v) is 15.8. The molecule has 9 heteroatoms. The van der Waals surface area contributed by atoms with Crippen LogP contribution in [-0.4, -0.2) is 36.7 Å². The topological polar surface area (TPSA) is 85.1 Å². The first-order valence-electron chi connectivity index (χ1n) is 7.39. The molecule has 1 amide bonds. The highest BCUT2D eigenvalue weighted by molar-refractivity contribution is 7.98. The Morgan fingerprint density at radius 1 is 1.17 bits per heavy atom. The molecule has 0 spiro atoms. The highest BCUT2D eigenvalue weighted by Gasteiger charge is 2.17. The van der Waals surface area contributed by atoms with Gasteiger partial charge in [-0.15, -0.1) is 16.4 Å². The Bertz CT molecular complexity index is 930. The van der Waals surface area contributed by atoms with Crippen LogP contribution in [0.25, 0.3) is 5.78 Å². The molecule has 0 atom stereocenters. The molecular formula is C15H18N6OS2. The van der Waals surface area contributed by atoms with Crippen LogP contribution in [0.15, 0.2) is 5.16 Å². The summed E-state index contributed by atoms with van der Waals surface area (Å²) in [7, 11) is 0. The van der Waals surface area contributed by atoms with Crippen molar-refractivity contribution >= 4 is 39.8 Å². The molecule has 0 aromatic carbocycles. The summed E-state index contributed by atoms with van der Waals surface area (Å²) in [6, 6.07) is 0. The Labute approximate surface area is 147 Å². The molecule has 126 valence electrons. The fourth-order valence-electron chi connectivity index (χ4n) is 2.51. The van der Waals surface area contributed by atoms with Crippen molar-refractivity contribution in [1.82, 2.24) is 24.6 Å². The number of fused-ring (bicyclic) bond motifs is 1. The van der Waals surface area contributed by atoms with E-state index in [1.165, 1.54) is 23.1 Å². The van der Waals surface area contributed by atoms with Crippen molar-refractivity contribution in [1.29, 1.82) is 0 Å². The van der Waals surface area contributed by atoms with Crippen LogP contribution in [-0.2, 0) is 11.2 Å². The number of rotatable bonds is 4. The molecule has 3 rings (SSSR count). The second kappa shape index (κ2) is 6.48. The SMILES string of the molecule is CSc1nc2nc(C)c(CC(=O)Nc3sc(C)nc3C)c(C)n2n1. The molecule has 3 heterocycles. The van der Waals surface area contributed by atoms with Gasteiger partial charge in [0, 0.05) is 17.0 Å². The van der Waals surface area contributed by atoms with Crippen molar-refractivity contribution in [3.8, 4) is 0 Å². The Morgan fingerprint density at radius 3 is 2.54 bits per heavy atom. The van der Waals surface area contributed by atoms with E-state index in [2.05, 4.69) is 25.4 Å². The van der Waals surface area contributed by atoms with Gasteiger partial charge in [0.15, 0.2) is 0 Å². The number of carbonyl (C=O) groups excluding carboxylic acids is 1. The predicted octanol–water partition coefficient (Wildman–Crippen LogP) is 2.72. The first-order valence-corrected chi connectivity index (χ1v) is 9.44. The lowest BCUT2D eigenvalue weighted by Crippen LogP contribution is -2.17. The van der Waals surface area contributed by atoms with E-state index in [0.717, 1.165) is 32.7 Å². The number of nitrogens with zero attached hydrogens (tertiary/aromatic N) is 5. The van der Waals surface area contributed by atoms with Crippen molar-refractivity contribution in [2.75, 3.05) is 11.6 Å². The summed E-state index contributed by atoms with van der Waals surface area (Å²) in [5.74, 6) is 0.478. The van der Waals surface area contributed by atoms with E-state index >= 15 is 0 Å². The normalized spacial score (nSPS) is 11.2. The molecule has 0 aliphatic heterocycles. The van der Waals surface area contributed by atoms with Gasteiger partial charge in [0.2, 0.25) is 11.1 Å². The number of carbonyl (C=O) groups is 1. The summed E-state index contributed by atoms with van der Waals surface area (Å²) in [6.45, 7) is 7.65. The Hall–Kier alpha value is -2.00. The monoisotopic (exact) mass is 362 g/mol. The van der Waals surface area contributed by atoms with Crippen LogP contribution in [0.5, 0.6) is 0 Å². The van der Waals surface area contributed by atoms with Crippen molar-refractivity contribution in [3.05, 3.63) is 27.7 Å². The molecule has 24 heavy (non-hydrogen) atoms. The van der Waals surface area contributed by atoms with E-state index in [0.29, 0.717) is 10.9 Å². The number of thiazole rings is 1. The molecule has 7 nitrogen and oxygen atoms in total. The van der Waals surface area contributed by atoms with Gasteiger partial charge in [-0.25, -0.2) is 14.5 Å². The largest absolute Gasteiger partial charge is 0.316 e. The van der Waals surface area contributed by atoms with Gasteiger partial charge in [0.05, 0.1) is 17.1 Å². The summed E-state index contributed by atoms with van der Waals surface area (Å²) >= 11 is 2.95. The Kier molecular flexibility index (Phi) is 4.55. The minimum atomic E-state index is -0.0840. The minimum absolute atomic E-state index is 0.0840. The molecule has 3 aromatic heterocycles. The van der Waals surface area contributed by atoms with Gasteiger partial charge in [0.1, 0.15) is 5.00 Å². The third-order valence-electron chi connectivity index (χ3n) is 3.71. The van der Waals surface area contributed by atoms with Crippen LogP contribution in [0.2, 0.25) is 0 Å². The average molecular weight is 362 g/mol. The second-order valence-electron chi connectivity index (χ2n) is 5.44. The zero-order valence-electron chi connectivity index (χ0n) is 14.2. The van der Waals surface area contributed by atoms with Crippen LogP contribution < -0.4 is 5.32 Å². The van der Waals surface area contributed by atoms with E-state index in [-0.39, 0.29) is 12.3 Å². The van der Waals surface area contributed by atoms with E-state index in [1.54, 1.807) is 4.52 Å². The number of aromatic nitrogens is 5. The van der Waals surface area contributed by atoms with Gasteiger partial charge < -0.3 is 5.32 Å². The fourth-order valence-corrected chi connectivity index (χ4v) is 3.68. The standard InChI is InChI=1S/C15H18N6OS2/c1-7-11(6-12(22)18-13-8(2)16-10(4)24-13)9(3)21-14(17-7)19-15(20-21)23-5/h6H2,1-5H3,(H,18,22). The highest BCUT2D eigenvalue weighted by atomic mass is 32.2. The molecule has 0 aliphatic rings. The van der Waals surface area contributed by atoms with Crippen molar-refractivity contribution in [2.45, 2.75) is 39.3 Å². The van der Waals surface area contributed by atoms with Crippen LogP contribution >= 0.6 is 23.1 Å². The first kappa shape index (κ1) is 16.8. The van der Waals surface area contributed by atoms with Gasteiger partial charge >= 0.3 is 0 Å². The predicted molar refractivity (Wildman–Crippen MR) is 96.0 cm³/mol. The number of hydrogen-bond donors (Lipinski definition) is 1. The smallest absolute Gasteiger partial charge is 0.253 e. The highest BCUT2D eigenvalue weighted by Crippen LogP contribution is 2.24. The van der Waals surface area contributed by atoms with E-state index in [9.17, 15) is 4.79 Å². The minimum Gasteiger partial charge on any atom is -0.316 e. The molecule has 0 bridgehead atoms. The maximum absolute atomic E-state index is 12.4. The molecular weight excluding hydrogens is 344 g/mol. The van der Waals surface area contributed by atoms with E-state index in [1.807, 2.05) is 34.0 Å². The van der Waals surface area contributed by atoms with Crippen molar-refractivity contribution in [2.24, 2.45) is 0 Å². The zero-order chi connectivity index (χ0) is 17.4. The van der Waals surface area contributed by atoms with E-state index < -0.39 is 0 Å². The van der Waals surface area contributed by atoms with Crippen LogP contribution in [0.1, 0.15) is 27.7 Å². The number of hydrogen-bond acceptors (Lipinski definition) is 7.